The molecule has 1 aromatic carbocycles. The van der Waals surface area contributed by atoms with Crippen molar-refractivity contribution >= 4 is 23.2 Å². The molecule has 0 saturated heterocycles. The smallest absolute Gasteiger partial charge is 0.161 e. The Morgan fingerprint density at radius 2 is 2.19 bits per heavy atom. The molecule has 1 rings (SSSR count). The van der Waals surface area contributed by atoms with Crippen molar-refractivity contribution in [3.8, 4) is 0 Å². The highest BCUT2D eigenvalue weighted by atomic mass is 32.2. The van der Waals surface area contributed by atoms with Crippen LogP contribution in [-0.2, 0) is 0 Å². The Morgan fingerprint density at radius 3 is 2.69 bits per heavy atom. The first kappa shape index (κ1) is 13.1. The number of ketones is 1. The average Bonchev–Trinajstić information content (AvgIpc) is 2.25. The van der Waals surface area contributed by atoms with Crippen LogP contribution < -0.4 is 5.73 Å². The van der Waals surface area contributed by atoms with E-state index in [4.69, 9.17) is 5.73 Å². The number of Topliss-reactive ketones (excluding diaryl/α,β-unsaturated/α-hetero) is 1. The molecule has 0 heterocycles. The Hall–Kier alpha value is -0.960. The number of thioether (sulfide) groups is 1. The van der Waals surface area contributed by atoms with E-state index >= 15 is 0 Å². The quantitative estimate of drug-likeness (QED) is 0.483. The molecule has 0 aliphatic carbocycles. The second-order valence-electron chi connectivity index (χ2n) is 4.13. The molecule has 0 radical (unpaired) electrons. The highest BCUT2D eigenvalue weighted by Gasteiger charge is 2.06. The lowest BCUT2D eigenvalue weighted by Gasteiger charge is -2.09. The molecule has 0 aromatic heterocycles. The zero-order valence-electron chi connectivity index (χ0n) is 10.1. The summed E-state index contributed by atoms with van der Waals surface area (Å²) in [6.45, 7) is 5.97. The third kappa shape index (κ3) is 3.56. The molecule has 2 nitrogen and oxygen atoms in total. The number of hydrogen-bond acceptors (Lipinski definition) is 3. The number of carbonyl (C=O) groups excluding carboxylic acids is 1. The molecular formula is C13H19NOS. The van der Waals surface area contributed by atoms with Crippen molar-refractivity contribution in [1.29, 1.82) is 0 Å². The maximum Gasteiger partial charge on any atom is 0.161 e. The van der Waals surface area contributed by atoms with E-state index in [0.717, 1.165) is 10.6 Å². The minimum Gasteiger partial charge on any atom is -0.398 e. The SMILES string of the molecule is CCC(C)CSc1ccc(C(C)=O)c(N)c1. The first-order chi connectivity index (χ1) is 7.54. The van der Waals surface area contributed by atoms with E-state index < -0.39 is 0 Å². The van der Waals surface area contributed by atoms with E-state index in [9.17, 15) is 4.79 Å². The number of nitrogen functional groups attached to an aromatic ring is 1. The van der Waals surface area contributed by atoms with Gasteiger partial charge in [-0.2, -0.15) is 0 Å². The van der Waals surface area contributed by atoms with Gasteiger partial charge in [-0.25, -0.2) is 0 Å². The standard InChI is InChI=1S/C13H19NOS/c1-4-9(2)8-16-11-5-6-12(10(3)15)13(14)7-11/h5-7,9H,4,8,14H2,1-3H3. The molecule has 2 N–H and O–H groups in total. The van der Waals surface area contributed by atoms with Gasteiger partial charge in [0.15, 0.2) is 5.78 Å². The largest absolute Gasteiger partial charge is 0.398 e. The summed E-state index contributed by atoms with van der Waals surface area (Å²) in [4.78, 5) is 12.3. The summed E-state index contributed by atoms with van der Waals surface area (Å²) < 4.78 is 0. The van der Waals surface area contributed by atoms with Crippen LogP contribution in [-0.4, -0.2) is 11.5 Å². The zero-order chi connectivity index (χ0) is 12.1. The third-order valence-corrected chi connectivity index (χ3v) is 3.96. The Labute approximate surface area is 102 Å². The lowest BCUT2D eigenvalue weighted by Crippen LogP contribution is -2.00. The van der Waals surface area contributed by atoms with E-state index in [1.165, 1.54) is 13.3 Å². The maximum atomic E-state index is 11.2. The Bertz CT molecular complexity index is 376. The van der Waals surface area contributed by atoms with Gasteiger partial charge in [0.1, 0.15) is 0 Å². The fourth-order valence-corrected chi connectivity index (χ4v) is 2.39. The zero-order valence-corrected chi connectivity index (χ0v) is 10.9. The highest BCUT2D eigenvalue weighted by Crippen LogP contribution is 2.25. The molecule has 1 unspecified atom stereocenters. The van der Waals surface area contributed by atoms with E-state index in [1.54, 1.807) is 11.8 Å². The van der Waals surface area contributed by atoms with Crippen molar-refractivity contribution in [1.82, 2.24) is 0 Å². The normalized spacial score (nSPS) is 12.4. The highest BCUT2D eigenvalue weighted by molar-refractivity contribution is 7.99. The van der Waals surface area contributed by atoms with Crippen LogP contribution >= 0.6 is 11.8 Å². The summed E-state index contributed by atoms with van der Waals surface area (Å²) >= 11 is 1.80. The summed E-state index contributed by atoms with van der Waals surface area (Å²) in [7, 11) is 0. The second-order valence-corrected chi connectivity index (χ2v) is 5.22. The van der Waals surface area contributed by atoms with Crippen molar-refractivity contribution in [2.45, 2.75) is 32.1 Å². The van der Waals surface area contributed by atoms with Crippen LogP contribution in [0.2, 0.25) is 0 Å². The molecule has 16 heavy (non-hydrogen) atoms. The predicted molar refractivity (Wildman–Crippen MR) is 71.0 cm³/mol. The Kier molecular flexibility index (Phi) is 4.87. The second kappa shape index (κ2) is 5.94. The topological polar surface area (TPSA) is 43.1 Å². The summed E-state index contributed by atoms with van der Waals surface area (Å²) in [5.41, 5.74) is 7.03. The third-order valence-electron chi connectivity index (χ3n) is 2.63. The summed E-state index contributed by atoms with van der Waals surface area (Å²) in [6, 6.07) is 5.68. The van der Waals surface area contributed by atoms with Gasteiger partial charge in [-0.15, -0.1) is 11.8 Å². The fraction of sp³-hybridized carbons (Fsp3) is 0.462. The molecule has 0 aliphatic heterocycles. The predicted octanol–water partition coefficient (Wildman–Crippen LogP) is 3.61. The molecule has 1 atom stereocenters. The molecule has 3 heteroatoms. The lowest BCUT2D eigenvalue weighted by molar-refractivity contribution is 0.101. The van der Waals surface area contributed by atoms with Crippen LogP contribution in [0.5, 0.6) is 0 Å². The van der Waals surface area contributed by atoms with Gasteiger partial charge in [-0.05, 0) is 31.0 Å². The molecule has 0 bridgehead atoms. The van der Waals surface area contributed by atoms with E-state index in [0.29, 0.717) is 17.2 Å². The summed E-state index contributed by atoms with van der Waals surface area (Å²) in [5.74, 6) is 1.82. The number of carbonyl (C=O) groups is 1. The van der Waals surface area contributed by atoms with E-state index in [1.807, 2.05) is 18.2 Å². The van der Waals surface area contributed by atoms with Crippen LogP contribution in [0.15, 0.2) is 23.1 Å². The van der Waals surface area contributed by atoms with Gasteiger partial charge in [-0.1, -0.05) is 20.3 Å². The number of hydrogen-bond donors (Lipinski definition) is 1. The van der Waals surface area contributed by atoms with Crippen molar-refractivity contribution in [2.24, 2.45) is 5.92 Å². The van der Waals surface area contributed by atoms with Gasteiger partial charge < -0.3 is 5.73 Å². The van der Waals surface area contributed by atoms with Gasteiger partial charge in [0.2, 0.25) is 0 Å². The Morgan fingerprint density at radius 1 is 1.50 bits per heavy atom. The molecule has 1 aromatic rings. The van der Waals surface area contributed by atoms with Gasteiger partial charge in [-0.3, -0.25) is 4.79 Å². The molecule has 0 saturated carbocycles. The first-order valence-corrected chi connectivity index (χ1v) is 6.56. The van der Waals surface area contributed by atoms with Gasteiger partial charge in [0.05, 0.1) is 0 Å². The molecule has 0 fully saturated rings. The average molecular weight is 237 g/mol. The van der Waals surface area contributed by atoms with Gasteiger partial charge >= 0.3 is 0 Å². The number of nitrogens with two attached hydrogens (primary N) is 1. The van der Waals surface area contributed by atoms with Crippen molar-refractivity contribution in [3.05, 3.63) is 23.8 Å². The van der Waals surface area contributed by atoms with Crippen LogP contribution in [0.3, 0.4) is 0 Å². The van der Waals surface area contributed by atoms with Crippen LogP contribution in [0.25, 0.3) is 0 Å². The number of rotatable bonds is 5. The van der Waals surface area contributed by atoms with Crippen LogP contribution in [0, 0.1) is 5.92 Å². The molecule has 0 aliphatic rings. The van der Waals surface area contributed by atoms with Crippen LogP contribution in [0.4, 0.5) is 5.69 Å². The Balaban J connectivity index is 2.70. The number of anilines is 1. The minimum absolute atomic E-state index is 0.0241. The van der Waals surface area contributed by atoms with Crippen LogP contribution in [0.1, 0.15) is 37.6 Å². The molecule has 88 valence electrons. The van der Waals surface area contributed by atoms with E-state index in [-0.39, 0.29) is 5.78 Å². The first-order valence-electron chi connectivity index (χ1n) is 5.57. The molecular weight excluding hydrogens is 218 g/mol. The minimum atomic E-state index is 0.0241. The monoisotopic (exact) mass is 237 g/mol. The van der Waals surface area contributed by atoms with E-state index in [2.05, 4.69) is 13.8 Å². The number of benzene rings is 1. The maximum absolute atomic E-state index is 11.2. The van der Waals surface area contributed by atoms with Crippen molar-refractivity contribution < 1.29 is 4.79 Å². The lowest BCUT2D eigenvalue weighted by atomic mass is 10.1. The van der Waals surface area contributed by atoms with Gasteiger partial charge in [0, 0.05) is 21.9 Å². The molecule has 0 spiro atoms. The summed E-state index contributed by atoms with van der Waals surface area (Å²) in [5, 5.41) is 0. The summed E-state index contributed by atoms with van der Waals surface area (Å²) in [6.07, 6.45) is 1.19. The molecule has 0 amide bonds. The van der Waals surface area contributed by atoms with Gasteiger partial charge in [0.25, 0.3) is 0 Å². The van der Waals surface area contributed by atoms with Crippen molar-refractivity contribution in [3.63, 3.8) is 0 Å². The van der Waals surface area contributed by atoms with Crippen molar-refractivity contribution in [2.75, 3.05) is 11.5 Å². The fourth-order valence-electron chi connectivity index (χ4n) is 1.31.